The van der Waals surface area contributed by atoms with Crippen molar-refractivity contribution in [3.05, 3.63) is 35.9 Å². The van der Waals surface area contributed by atoms with Crippen molar-refractivity contribution in [2.75, 3.05) is 13.2 Å². The number of nitrogens with zero attached hydrogens (tertiary/aromatic N) is 1. The molecule has 114 valence electrons. The maximum Gasteiger partial charge on any atom is 0.248 e. The van der Waals surface area contributed by atoms with E-state index >= 15 is 0 Å². The van der Waals surface area contributed by atoms with Crippen molar-refractivity contribution in [1.82, 2.24) is 10.2 Å². The van der Waals surface area contributed by atoms with Crippen molar-refractivity contribution in [3.8, 4) is 0 Å². The molecule has 1 aromatic rings. The molecule has 3 atom stereocenters. The molecule has 3 unspecified atom stereocenters. The van der Waals surface area contributed by atoms with E-state index in [0.717, 1.165) is 5.56 Å². The van der Waals surface area contributed by atoms with Crippen LogP contribution in [0, 0.1) is 0 Å². The SMILES string of the molecule is CCOCC(C)N1C(=O)C(C)NC(=O)C1c1ccccc1. The summed E-state index contributed by atoms with van der Waals surface area (Å²) in [5.74, 6) is -0.215. The first-order valence-corrected chi connectivity index (χ1v) is 7.31. The molecule has 1 aromatic carbocycles. The Bertz CT molecular complexity index is 504. The fraction of sp³-hybridized carbons (Fsp3) is 0.500. The van der Waals surface area contributed by atoms with Gasteiger partial charge in [-0.2, -0.15) is 0 Å². The van der Waals surface area contributed by atoms with Gasteiger partial charge in [0.05, 0.1) is 12.6 Å². The summed E-state index contributed by atoms with van der Waals surface area (Å²) in [7, 11) is 0. The lowest BCUT2D eigenvalue weighted by molar-refractivity contribution is -0.153. The van der Waals surface area contributed by atoms with Crippen molar-refractivity contribution in [1.29, 1.82) is 0 Å². The zero-order valence-electron chi connectivity index (χ0n) is 12.7. The van der Waals surface area contributed by atoms with Gasteiger partial charge in [-0.3, -0.25) is 9.59 Å². The molecule has 1 fully saturated rings. The van der Waals surface area contributed by atoms with Gasteiger partial charge in [0.15, 0.2) is 0 Å². The highest BCUT2D eigenvalue weighted by Crippen LogP contribution is 2.27. The summed E-state index contributed by atoms with van der Waals surface area (Å²) >= 11 is 0. The largest absolute Gasteiger partial charge is 0.380 e. The zero-order valence-corrected chi connectivity index (χ0v) is 12.7. The zero-order chi connectivity index (χ0) is 15.4. The van der Waals surface area contributed by atoms with E-state index in [4.69, 9.17) is 4.74 Å². The summed E-state index contributed by atoms with van der Waals surface area (Å²) < 4.78 is 5.43. The second-order valence-electron chi connectivity index (χ2n) is 5.30. The Balaban J connectivity index is 2.32. The molecule has 2 rings (SSSR count). The van der Waals surface area contributed by atoms with Gasteiger partial charge in [0.1, 0.15) is 12.1 Å². The second-order valence-corrected chi connectivity index (χ2v) is 5.30. The van der Waals surface area contributed by atoms with Crippen LogP contribution >= 0.6 is 0 Å². The maximum atomic E-state index is 12.5. The Morgan fingerprint density at radius 1 is 1.29 bits per heavy atom. The number of rotatable bonds is 5. The van der Waals surface area contributed by atoms with Gasteiger partial charge in [0.2, 0.25) is 11.8 Å². The Morgan fingerprint density at radius 3 is 2.57 bits per heavy atom. The third-order valence-electron chi connectivity index (χ3n) is 3.66. The predicted octanol–water partition coefficient (Wildman–Crippen LogP) is 1.50. The standard InChI is InChI=1S/C16H22N2O3/c1-4-21-10-11(2)18-14(13-8-6-5-7-9-13)15(19)17-12(3)16(18)20/h5-9,11-12,14H,4,10H2,1-3H3,(H,17,19). The predicted molar refractivity (Wildman–Crippen MR) is 79.6 cm³/mol. The smallest absolute Gasteiger partial charge is 0.248 e. The Kier molecular flexibility index (Phi) is 4.96. The monoisotopic (exact) mass is 290 g/mol. The summed E-state index contributed by atoms with van der Waals surface area (Å²) in [6.45, 7) is 6.54. The molecule has 1 N–H and O–H groups in total. The molecule has 0 bridgehead atoms. The van der Waals surface area contributed by atoms with Gasteiger partial charge in [-0.05, 0) is 26.3 Å². The molecule has 0 radical (unpaired) electrons. The highest BCUT2D eigenvalue weighted by Gasteiger charge is 2.41. The summed E-state index contributed by atoms with van der Waals surface area (Å²) in [5, 5.41) is 2.75. The minimum atomic E-state index is -0.592. The minimum absolute atomic E-state index is 0.0735. The number of amides is 2. The molecule has 0 aromatic heterocycles. The quantitative estimate of drug-likeness (QED) is 0.894. The fourth-order valence-electron chi connectivity index (χ4n) is 2.62. The molecular weight excluding hydrogens is 268 g/mol. The molecule has 1 heterocycles. The first-order valence-electron chi connectivity index (χ1n) is 7.31. The van der Waals surface area contributed by atoms with Crippen LogP contribution in [0.15, 0.2) is 30.3 Å². The number of carbonyl (C=O) groups excluding carboxylic acids is 2. The summed E-state index contributed by atoms with van der Waals surface area (Å²) in [5.41, 5.74) is 0.818. The van der Waals surface area contributed by atoms with Crippen LogP contribution in [0.1, 0.15) is 32.4 Å². The van der Waals surface area contributed by atoms with Gasteiger partial charge < -0.3 is 15.0 Å². The Labute approximate surface area is 125 Å². The van der Waals surface area contributed by atoms with Crippen LogP contribution in [0.4, 0.5) is 0 Å². The summed E-state index contributed by atoms with van der Waals surface area (Å²) in [6.07, 6.45) is 0. The van der Waals surface area contributed by atoms with Gasteiger partial charge in [-0.15, -0.1) is 0 Å². The normalized spacial score (nSPS) is 23.9. The molecule has 1 aliphatic rings. The van der Waals surface area contributed by atoms with Gasteiger partial charge in [-0.25, -0.2) is 0 Å². The molecule has 1 aliphatic heterocycles. The second kappa shape index (κ2) is 6.72. The number of carbonyl (C=O) groups is 2. The minimum Gasteiger partial charge on any atom is -0.380 e. The highest BCUT2D eigenvalue weighted by molar-refractivity contribution is 5.97. The number of nitrogens with one attached hydrogen (secondary N) is 1. The maximum absolute atomic E-state index is 12.5. The number of hydrogen-bond acceptors (Lipinski definition) is 3. The lowest BCUT2D eigenvalue weighted by atomic mass is 9.98. The van der Waals surface area contributed by atoms with Gasteiger partial charge in [-0.1, -0.05) is 30.3 Å². The van der Waals surface area contributed by atoms with E-state index in [1.165, 1.54) is 0 Å². The summed E-state index contributed by atoms with van der Waals surface area (Å²) in [4.78, 5) is 26.6. The molecule has 5 heteroatoms. The highest BCUT2D eigenvalue weighted by atomic mass is 16.5. The van der Waals surface area contributed by atoms with Crippen molar-refractivity contribution in [3.63, 3.8) is 0 Å². The summed E-state index contributed by atoms with van der Waals surface area (Å²) in [6, 6.07) is 8.13. The fourth-order valence-corrected chi connectivity index (χ4v) is 2.62. The first-order chi connectivity index (χ1) is 10.1. The van der Waals surface area contributed by atoms with Crippen molar-refractivity contribution in [2.24, 2.45) is 0 Å². The van der Waals surface area contributed by atoms with E-state index in [1.54, 1.807) is 11.8 Å². The van der Waals surface area contributed by atoms with Gasteiger partial charge >= 0.3 is 0 Å². The third kappa shape index (κ3) is 3.24. The molecule has 2 amide bonds. The van der Waals surface area contributed by atoms with Crippen LogP contribution < -0.4 is 5.32 Å². The molecular formula is C16H22N2O3. The van der Waals surface area contributed by atoms with Crippen molar-refractivity contribution >= 4 is 11.8 Å². The number of benzene rings is 1. The van der Waals surface area contributed by atoms with E-state index in [0.29, 0.717) is 13.2 Å². The van der Waals surface area contributed by atoms with Gasteiger partial charge in [0.25, 0.3) is 0 Å². The third-order valence-corrected chi connectivity index (χ3v) is 3.66. The number of hydrogen-bond donors (Lipinski definition) is 1. The topological polar surface area (TPSA) is 58.6 Å². The lowest BCUT2D eigenvalue weighted by Gasteiger charge is -2.41. The van der Waals surface area contributed by atoms with E-state index in [9.17, 15) is 9.59 Å². The average molecular weight is 290 g/mol. The van der Waals surface area contributed by atoms with E-state index in [1.807, 2.05) is 44.2 Å². The molecule has 0 spiro atoms. The molecule has 5 nitrogen and oxygen atoms in total. The van der Waals surface area contributed by atoms with E-state index in [-0.39, 0.29) is 17.9 Å². The number of ether oxygens (including phenoxy) is 1. The first kappa shape index (κ1) is 15.5. The Morgan fingerprint density at radius 2 is 1.95 bits per heavy atom. The Hall–Kier alpha value is -1.88. The van der Waals surface area contributed by atoms with Crippen molar-refractivity contribution < 1.29 is 14.3 Å². The van der Waals surface area contributed by atoms with Crippen LogP contribution in [-0.2, 0) is 14.3 Å². The average Bonchev–Trinajstić information content (AvgIpc) is 2.49. The van der Waals surface area contributed by atoms with Crippen LogP contribution in [0.25, 0.3) is 0 Å². The van der Waals surface area contributed by atoms with Crippen LogP contribution in [0.2, 0.25) is 0 Å². The van der Waals surface area contributed by atoms with Crippen LogP contribution in [-0.4, -0.2) is 42.0 Å². The van der Waals surface area contributed by atoms with E-state index in [2.05, 4.69) is 5.32 Å². The number of piperazine rings is 1. The molecule has 21 heavy (non-hydrogen) atoms. The lowest BCUT2D eigenvalue weighted by Crippen LogP contribution is -2.61. The van der Waals surface area contributed by atoms with Crippen LogP contribution in [0.5, 0.6) is 0 Å². The van der Waals surface area contributed by atoms with Crippen molar-refractivity contribution in [2.45, 2.75) is 38.9 Å². The molecule has 1 saturated heterocycles. The molecule has 0 saturated carbocycles. The van der Waals surface area contributed by atoms with Crippen LogP contribution in [0.3, 0.4) is 0 Å². The van der Waals surface area contributed by atoms with E-state index < -0.39 is 12.1 Å². The molecule has 0 aliphatic carbocycles. The van der Waals surface area contributed by atoms with Gasteiger partial charge in [0, 0.05) is 6.61 Å².